The maximum absolute atomic E-state index is 11.7. The van der Waals surface area contributed by atoms with Crippen molar-refractivity contribution in [3.8, 4) is 0 Å². The average molecular weight is 229 g/mol. The van der Waals surface area contributed by atoms with Crippen LogP contribution in [0.15, 0.2) is 0 Å². The van der Waals surface area contributed by atoms with Crippen molar-refractivity contribution in [1.29, 1.82) is 0 Å². The van der Waals surface area contributed by atoms with Gasteiger partial charge in [-0.1, -0.05) is 0 Å². The highest BCUT2D eigenvalue weighted by molar-refractivity contribution is 4.59. The highest BCUT2D eigenvalue weighted by atomic mass is 19.4. The van der Waals surface area contributed by atoms with E-state index in [1.807, 2.05) is 0 Å². The smallest absolute Gasteiger partial charge is 0.389 e. The normalized spacial score (nSPS) is 14.2. The molecule has 1 unspecified atom stereocenters. The molecule has 0 rings (SSSR count). The SMILES string of the molecule is COCC(O)CNCCCCC(F)(F)F. The second-order valence-electron chi connectivity index (χ2n) is 3.39. The van der Waals surface area contributed by atoms with Crippen LogP contribution < -0.4 is 5.32 Å². The van der Waals surface area contributed by atoms with E-state index in [2.05, 4.69) is 10.1 Å². The molecule has 0 aromatic rings. The molecule has 3 nitrogen and oxygen atoms in total. The van der Waals surface area contributed by atoms with Gasteiger partial charge in [-0.2, -0.15) is 13.2 Å². The monoisotopic (exact) mass is 229 g/mol. The number of hydrogen-bond donors (Lipinski definition) is 2. The average Bonchev–Trinajstić information content (AvgIpc) is 2.09. The molecule has 15 heavy (non-hydrogen) atoms. The number of rotatable bonds is 8. The molecular weight excluding hydrogens is 211 g/mol. The van der Waals surface area contributed by atoms with E-state index >= 15 is 0 Å². The summed E-state index contributed by atoms with van der Waals surface area (Å²) in [4.78, 5) is 0. The Balaban J connectivity index is 3.18. The Hall–Kier alpha value is -0.330. The van der Waals surface area contributed by atoms with Gasteiger partial charge in [0.05, 0.1) is 12.7 Å². The van der Waals surface area contributed by atoms with Crippen molar-refractivity contribution in [2.45, 2.75) is 31.5 Å². The van der Waals surface area contributed by atoms with Gasteiger partial charge in [0.15, 0.2) is 0 Å². The molecule has 0 saturated heterocycles. The summed E-state index contributed by atoms with van der Waals surface area (Å²) in [6.45, 7) is 1.06. The van der Waals surface area contributed by atoms with Crippen LogP contribution >= 0.6 is 0 Å². The lowest BCUT2D eigenvalue weighted by Crippen LogP contribution is -2.30. The van der Waals surface area contributed by atoms with Crippen LogP contribution in [0.3, 0.4) is 0 Å². The number of alkyl halides is 3. The first-order valence-electron chi connectivity index (χ1n) is 4.90. The molecule has 0 bridgehead atoms. The molecule has 92 valence electrons. The maximum Gasteiger partial charge on any atom is 0.389 e. The van der Waals surface area contributed by atoms with Crippen LogP contribution in [0.4, 0.5) is 13.2 Å². The fraction of sp³-hybridized carbons (Fsp3) is 1.00. The van der Waals surface area contributed by atoms with E-state index in [4.69, 9.17) is 5.11 Å². The second-order valence-corrected chi connectivity index (χ2v) is 3.39. The quantitative estimate of drug-likeness (QED) is 0.617. The minimum Gasteiger partial charge on any atom is -0.389 e. The summed E-state index contributed by atoms with van der Waals surface area (Å²) in [5, 5.41) is 12.0. The molecule has 0 aliphatic heterocycles. The van der Waals surface area contributed by atoms with Gasteiger partial charge in [0, 0.05) is 20.1 Å². The topological polar surface area (TPSA) is 41.5 Å². The summed E-state index contributed by atoms with van der Waals surface area (Å²) in [7, 11) is 1.48. The van der Waals surface area contributed by atoms with Crippen molar-refractivity contribution in [2.24, 2.45) is 0 Å². The molecule has 0 radical (unpaired) electrons. The minimum absolute atomic E-state index is 0.122. The van der Waals surface area contributed by atoms with E-state index < -0.39 is 18.7 Å². The van der Waals surface area contributed by atoms with Crippen molar-refractivity contribution in [3.05, 3.63) is 0 Å². The predicted octanol–water partition coefficient (Wildman–Crippen LogP) is 1.32. The molecule has 0 aliphatic carbocycles. The van der Waals surface area contributed by atoms with E-state index in [-0.39, 0.29) is 13.0 Å². The Labute approximate surface area is 87.6 Å². The van der Waals surface area contributed by atoms with Crippen LogP contribution in [0.25, 0.3) is 0 Å². The summed E-state index contributed by atoms with van der Waals surface area (Å²) in [5.74, 6) is 0. The maximum atomic E-state index is 11.7. The molecule has 0 aliphatic rings. The predicted molar refractivity (Wildman–Crippen MR) is 50.7 cm³/mol. The lowest BCUT2D eigenvalue weighted by atomic mass is 10.2. The third-order valence-corrected chi connectivity index (χ3v) is 1.80. The van der Waals surface area contributed by atoms with Crippen LogP contribution in [-0.2, 0) is 4.74 Å². The lowest BCUT2D eigenvalue weighted by Gasteiger charge is -2.10. The number of aliphatic hydroxyl groups excluding tert-OH is 1. The number of halogens is 3. The third kappa shape index (κ3) is 11.6. The van der Waals surface area contributed by atoms with Gasteiger partial charge in [-0.3, -0.25) is 0 Å². The highest BCUT2D eigenvalue weighted by Gasteiger charge is 2.25. The van der Waals surface area contributed by atoms with Crippen molar-refractivity contribution in [1.82, 2.24) is 5.32 Å². The zero-order valence-corrected chi connectivity index (χ0v) is 8.81. The molecule has 0 aromatic carbocycles. The van der Waals surface area contributed by atoms with Gasteiger partial charge in [0.2, 0.25) is 0 Å². The lowest BCUT2D eigenvalue weighted by molar-refractivity contribution is -0.135. The van der Waals surface area contributed by atoms with Crippen LogP contribution in [0.1, 0.15) is 19.3 Å². The summed E-state index contributed by atoms with van der Waals surface area (Å²) >= 11 is 0. The molecule has 2 N–H and O–H groups in total. The first kappa shape index (κ1) is 14.7. The van der Waals surface area contributed by atoms with E-state index in [1.165, 1.54) is 7.11 Å². The molecule has 0 saturated carbocycles. The number of ether oxygens (including phenoxy) is 1. The summed E-state index contributed by atoms with van der Waals surface area (Å²) in [5.41, 5.74) is 0. The van der Waals surface area contributed by atoms with Crippen LogP contribution in [0.5, 0.6) is 0 Å². The van der Waals surface area contributed by atoms with Crippen molar-refractivity contribution in [3.63, 3.8) is 0 Å². The van der Waals surface area contributed by atoms with E-state index in [0.717, 1.165) is 0 Å². The van der Waals surface area contributed by atoms with Gasteiger partial charge < -0.3 is 15.2 Å². The largest absolute Gasteiger partial charge is 0.389 e. The second kappa shape index (κ2) is 7.90. The number of nitrogens with one attached hydrogen (secondary N) is 1. The Morgan fingerprint density at radius 3 is 2.53 bits per heavy atom. The first-order valence-corrected chi connectivity index (χ1v) is 4.90. The third-order valence-electron chi connectivity index (χ3n) is 1.80. The Bertz CT molecular complexity index is 153. The van der Waals surface area contributed by atoms with Gasteiger partial charge >= 0.3 is 6.18 Å². The van der Waals surface area contributed by atoms with Crippen molar-refractivity contribution >= 4 is 0 Å². The van der Waals surface area contributed by atoms with Gasteiger partial charge in [-0.15, -0.1) is 0 Å². The molecule has 0 fully saturated rings. The van der Waals surface area contributed by atoms with E-state index in [1.54, 1.807) is 0 Å². The van der Waals surface area contributed by atoms with Crippen LogP contribution in [-0.4, -0.2) is 44.2 Å². The molecule has 0 heterocycles. The van der Waals surface area contributed by atoms with Gasteiger partial charge in [0.1, 0.15) is 0 Å². The zero-order chi connectivity index (χ0) is 11.7. The molecular formula is C9H18F3NO2. The van der Waals surface area contributed by atoms with E-state index in [9.17, 15) is 13.2 Å². The van der Waals surface area contributed by atoms with Gasteiger partial charge in [-0.25, -0.2) is 0 Å². The number of methoxy groups -OCH3 is 1. The molecule has 0 amide bonds. The number of unbranched alkanes of at least 4 members (excludes halogenated alkanes) is 1. The summed E-state index contributed by atoms with van der Waals surface area (Å²) < 4.78 is 39.8. The standard InChI is InChI=1S/C9H18F3NO2/c1-15-7-8(14)6-13-5-3-2-4-9(10,11)12/h8,13-14H,2-7H2,1H3. The van der Waals surface area contributed by atoms with Gasteiger partial charge in [0.25, 0.3) is 0 Å². The summed E-state index contributed by atoms with van der Waals surface area (Å²) in [6.07, 6.45) is -4.82. The number of aliphatic hydroxyl groups is 1. The number of hydrogen-bond acceptors (Lipinski definition) is 3. The Kier molecular flexibility index (Phi) is 7.72. The molecule has 1 atom stereocenters. The van der Waals surface area contributed by atoms with Crippen LogP contribution in [0, 0.1) is 0 Å². The van der Waals surface area contributed by atoms with Gasteiger partial charge in [-0.05, 0) is 19.4 Å². The fourth-order valence-electron chi connectivity index (χ4n) is 1.10. The van der Waals surface area contributed by atoms with Crippen molar-refractivity contribution < 1.29 is 23.0 Å². The Morgan fingerprint density at radius 2 is 2.00 bits per heavy atom. The molecule has 0 aromatic heterocycles. The zero-order valence-electron chi connectivity index (χ0n) is 8.81. The van der Waals surface area contributed by atoms with Crippen LogP contribution in [0.2, 0.25) is 0 Å². The fourth-order valence-corrected chi connectivity index (χ4v) is 1.10. The Morgan fingerprint density at radius 1 is 1.33 bits per heavy atom. The molecule has 6 heteroatoms. The first-order chi connectivity index (χ1) is 6.95. The highest BCUT2D eigenvalue weighted by Crippen LogP contribution is 2.21. The minimum atomic E-state index is -4.06. The molecule has 0 spiro atoms. The summed E-state index contributed by atoms with van der Waals surface area (Å²) in [6, 6.07) is 0. The van der Waals surface area contributed by atoms with Crippen molar-refractivity contribution in [2.75, 3.05) is 26.8 Å². The van der Waals surface area contributed by atoms with E-state index in [0.29, 0.717) is 19.5 Å².